The van der Waals surface area contributed by atoms with E-state index in [1.807, 2.05) is 36.6 Å². The van der Waals surface area contributed by atoms with Crippen molar-refractivity contribution in [2.75, 3.05) is 6.26 Å². The van der Waals surface area contributed by atoms with Crippen molar-refractivity contribution in [1.82, 2.24) is 0 Å². The highest BCUT2D eigenvalue weighted by molar-refractivity contribution is 7.98. The lowest BCUT2D eigenvalue weighted by atomic mass is 10.0. The maximum atomic E-state index is 12.9. The maximum Gasteiger partial charge on any atom is 0.203 e. The SMILES string of the molecule is CSc1ccc(/C=C(\C#N)C(=O)c2ccc(F)cc2)cc1. The molecule has 21 heavy (non-hydrogen) atoms. The van der Waals surface area contributed by atoms with Crippen molar-refractivity contribution in [3.05, 3.63) is 71.0 Å². The molecule has 0 atom stereocenters. The summed E-state index contributed by atoms with van der Waals surface area (Å²) in [5.74, 6) is -0.826. The summed E-state index contributed by atoms with van der Waals surface area (Å²) in [4.78, 5) is 13.3. The maximum absolute atomic E-state index is 12.9. The lowest BCUT2D eigenvalue weighted by molar-refractivity contribution is 0.104. The second-order valence-corrected chi connectivity index (χ2v) is 5.16. The molecule has 0 N–H and O–H groups in total. The van der Waals surface area contributed by atoms with Gasteiger partial charge in [0.05, 0.1) is 0 Å². The molecule has 4 heteroatoms. The van der Waals surface area contributed by atoms with E-state index in [9.17, 15) is 9.18 Å². The minimum atomic E-state index is -0.415. The molecule has 0 saturated carbocycles. The van der Waals surface area contributed by atoms with Gasteiger partial charge in [0.2, 0.25) is 5.78 Å². The standard InChI is InChI=1S/C17H12FNOS/c1-21-16-8-2-12(3-9-16)10-14(11-19)17(20)13-4-6-15(18)7-5-13/h2-10H,1H3/b14-10+. The van der Waals surface area contributed by atoms with Crippen LogP contribution in [0.5, 0.6) is 0 Å². The molecule has 0 aliphatic rings. The minimum absolute atomic E-state index is 0.0264. The smallest absolute Gasteiger partial charge is 0.203 e. The molecule has 0 saturated heterocycles. The molecule has 0 aromatic heterocycles. The number of hydrogen-bond acceptors (Lipinski definition) is 3. The molecule has 0 unspecified atom stereocenters. The zero-order valence-corrected chi connectivity index (χ0v) is 12.2. The quantitative estimate of drug-likeness (QED) is 0.365. The van der Waals surface area contributed by atoms with Crippen molar-refractivity contribution in [3.63, 3.8) is 0 Å². The van der Waals surface area contributed by atoms with E-state index in [4.69, 9.17) is 5.26 Å². The molecule has 0 fully saturated rings. The highest BCUT2D eigenvalue weighted by Gasteiger charge is 2.12. The Labute approximate surface area is 126 Å². The van der Waals surface area contributed by atoms with Gasteiger partial charge in [0, 0.05) is 10.5 Å². The van der Waals surface area contributed by atoms with Gasteiger partial charge >= 0.3 is 0 Å². The van der Waals surface area contributed by atoms with Crippen molar-refractivity contribution in [1.29, 1.82) is 5.26 Å². The van der Waals surface area contributed by atoms with Crippen molar-refractivity contribution in [3.8, 4) is 6.07 Å². The van der Waals surface area contributed by atoms with Gasteiger partial charge < -0.3 is 0 Å². The minimum Gasteiger partial charge on any atom is -0.288 e. The van der Waals surface area contributed by atoms with E-state index in [0.29, 0.717) is 5.56 Å². The van der Waals surface area contributed by atoms with Crippen LogP contribution in [0.1, 0.15) is 15.9 Å². The number of hydrogen-bond donors (Lipinski definition) is 0. The number of benzene rings is 2. The molecule has 2 rings (SSSR count). The third-order valence-corrected chi connectivity index (χ3v) is 3.64. The van der Waals surface area contributed by atoms with E-state index in [1.54, 1.807) is 11.8 Å². The summed E-state index contributed by atoms with van der Waals surface area (Å²) >= 11 is 1.62. The first-order valence-electron chi connectivity index (χ1n) is 6.20. The molecule has 0 amide bonds. The summed E-state index contributed by atoms with van der Waals surface area (Å²) in [5.41, 5.74) is 1.10. The summed E-state index contributed by atoms with van der Waals surface area (Å²) in [7, 11) is 0. The van der Waals surface area contributed by atoms with Crippen LogP contribution < -0.4 is 0 Å². The van der Waals surface area contributed by atoms with E-state index in [0.717, 1.165) is 10.5 Å². The van der Waals surface area contributed by atoms with Crippen LogP contribution in [0.15, 0.2) is 59.0 Å². The van der Waals surface area contributed by atoms with Crippen molar-refractivity contribution >= 4 is 23.6 Å². The lowest BCUT2D eigenvalue weighted by Crippen LogP contribution is -2.01. The molecule has 2 aromatic rings. The Balaban J connectivity index is 2.29. The van der Waals surface area contributed by atoms with Gasteiger partial charge in [-0.3, -0.25) is 4.79 Å². The second kappa shape index (κ2) is 6.87. The second-order valence-electron chi connectivity index (χ2n) is 4.28. The van der Waals surface area contributed by atoms with Crippen LogP contribution in [0.3, 0.4) is 0 Å². The number of carbonyl (C=O) groups excluding carboxylic acids is 1. The molecule has 0 bridgehead atoms. The van der Waals surface area contributed by atoms with Gasteiger partial charge in [-0.15, -0.1) is 11.8 Å². The predicted octanol–water partition coefficient (Wildman–Crippen LogP) is 4.34. The first-order valence-corrected chi connectivity index (χ1v) is 7.42. The van der Waals surface area contributed by atoms with Gasteiger partial charge in [-0.05, 0) is 54.3 Å². The summed E-state index contributed by atoms with van der Waals surface area (Å²) < 4.78 is 12.9. The van der Waals surface area contributed by atoms with Crippen molar-refractivity contribution in [2.45, 2.75) is 4.90 Å². The zero-order valence-electron chi connectivity index (χ0n) is 11.3. The molecule has 2 nitrogen and oxygen atoms in total. The molecule has 0 aliphatic carbocycles. The van der Waals surface area contributed by atoms with Crippen molar-refractivity contribution in [2.24, 2.45) is 0 Å². The Morgan fingerprint density at radius 3 is 2.29 bits per heavy atom. The normalized spacial score (nSPS) is 11.0. The van der Waals surface area contributed by atoms with Crippen molar-refractivity contribution < 1.29 is 9.18 Å². The van der Waals surface area contributed by atoms with Crippen LogP contribution in [0, 0.1) is 17.1 Å². The van der Waals surface area contributed by atoms with Crippen LogP contribution in [-0.4, -0.2) is 12.0 Å². The Bertz CT molecular complexity index is 712. The average Bonchev–Trinajstić information content (AvgIpc) is 2.53. The van der Waals surface area contributed by atoms with Crippen LogP contribution in [0.4, 0.5) is 4.39 Å². The fourth-order valence-electron chi connectivity index (χ4n) is 1.77. The van der Waals surface area contributed by atoms with Crippen LogP contribution >= 0.6 is 11.8 Å². The Hall–Kier alpha value is -2.38. The van der Waals surface area contributed by atoms with Crippen LogP contribution in [0.25, 0.3) is 6.08 Å². The summed E-state index contributed by atoms with van der Waals surface area (Å²) in [6.07, 6.45) is 3.51. The fraction of sp³-hybridized carbons (Fsp3) is 0.0588. The van der Waals surface area contributed by atoms with Crippen LogP contribution in [-0.2, 0) is 0 Å². The molecule has 0 radical (unpaired) electrons. The number of halogens is 1. The van der Waals surface area contributed by atoms with Gasteiger partial charge in [-0.25, -0.2) is 4.39 Å². The zero-order chi connectivity index (χ0) is 15.2. The first-order chi connectivity index (χ1) is 10.1. The number of thioether (sulfide) groups is 1. The molecule has 0 heterocycles. The monoisotopic (exact) mass is 297 g/mol. The van der Waals surface area contributed by atoms with Gasteiger partial charge in [0.15, 0.2) is 0 Å². The third-order valence-electron chi connectivity index (χ3n) is 2.90. The molecular weight excluding hydrogens is 285 g/mol. The third kappa shape index (κ3) is 3.80. The van der Waals surface area contributed by atoms with E-state index >= 15 is 0 Å². The number of rotatable bonds is 4. The molecular formula is C17H12FNOS. The van der Waals surface area contributed by atoms with Gasteiger partial charge in [-0.1, -0.05) is 12.1 Å². The highest BCUT2D eigenvalue weighted by Crippen LogP contribution is 2.18. The topological polar surface area (TPSA) is 40.9 Å². The van der Waals surface area contributed by atoms with Gasteiger partial charge in [0.25, 0.3) is 0 Å². The van der Waals surface area contributed by atoms with E-state index in [-0.39, 0.29) is 5.57 Å². The first kappa shape index (κ1) is 15.0. The number of nitrogens with zero attached hydrogens (tertiary/aromatic N) is 1. The number of Topliss-reactive ketones (excluding diaryl/α,β-unsaturated/α-hetero) is 1. The summed E-state index contributed by atoms with van der Waals surface area (Å²) in [6, 6.07) is 14.6. The summed E-state index contributed by atoms with van der Waals surface area (Å²) in [5, 5.41) is 9.16. The van der Waals surface area contributed by atoms with Gasteiger partial charge in [0.1, 0.15) is 17.5 Å². The Kier molecular flexibility index (Phi) is 4.91. The van der Waals surface area contributed by atoms with E-state index in [1.165, 1.54) is 30.3 Å². The molecule has 0 spiro atoms. The number of nitriles is 1. The molecule has 0 aliphatic heterocycles. The molecule has 2 aromatic carbocycles. The number of allylic oxidation sites excluding steroid dienone is 1. The fourth-order valence-corrected chi connectivity index (χ4v) is 2.18. The van der Waals surface area contributed by atoms with Crippen LogP contribution in [0.2, 0.25) is 0 Å². The molecule has 104 valence electrons. The highest BCUT2D eigenvalue weighted by atomic mass is 32.2. The Morgan fingerprint density at radius 2 is 1.76 bits per heavy atom. The van der Waals surface area contributed by atoms with E-state index < -0.39 is 11.6 Å². The largest absolute Gasteiger partial charge is 0.288 e. The van der Waals surface area contributed by atoms with Gasteiger partial charge in [-0.2, -0.15) is 5.26 Å². The number of ketones is 1. The Morgan fingerprint density at radius 1 is 1.14 bits per heavy atom. The van der Waals surface area contributed by atoms with E-state index in [2.05, 4.69) is 0 Å². The summed E-state index contributed by atoms with van der Waals surface area (Å²) in [6.45, 7) is 0. The lowest BCUT2D eigenvalue weighted by Gasteiger charge is -2.01. The number of carbonyl (C=O) groups is 1. The predicted molar refractivity (Wildman–Crippen MR) is 82.5 cm³/mol. The average molecular weight is 297 g/mol.